The highest BCUT2D eigenvalue weighted by molar-refractivity contribution is 6.30. The molecule has 2 nitrogen and oxygen atoms in total. The molecule has 0 aromatic heterocycles. The van der Waals surface area contributed by atoms with Crippen LogP contribution in [-0.4, -0.2) is 5.11 Å². The zero-order valence-corrected chi connectivity index (χ0v) is 9.91. The Hall–Kier alpha value is -1.51. The fraction of sp³-hybridized carbons (Fsp3) is 0.143. The van der Waals surface area contributed by atoms with E-state index in [1.165, 1.54) is 11.1 Å². The van der Waals surface area contributed by atoms with E-state index in [1.807, 2.05) is 30.3 Å². The number of phenols is 1. The van der Waals surface area contributed by atoms with Crippen LogP contribution in [0, 0.1) is 0 Å². The molecule has 0 saturated carbocycles. The Bertz CT molecular complexity index is 568. The number of fused-ring (bicyclic) bond motifs is 1. The third kappa shape index (κ3) is 1.90. The van der Waals surface area contributed by atoms with Gasteiger partial charge in [0, 0.05) is 11.6 Å². The quantitative estimate of drug-likeness (QED) is 0.809. The first-order valence-electron chi connectivity index (χ1n) is 5.55. The largest absolute Gasteiger partial charge is 0.508 e. The Labute approximate surface area is 105 Å². The molecule has 2 N–H and O–H groups in total. The Morgan fingerprint density at radius 1 is 1.18 bits per heavy atom. The summed E-state index contributed by atoms with van der Waals surface area (Å²) in [5, 5.41) is 13.7. The highest BCUT2D eigenvalue weighted by Gasteiger charge is 2.23. The summed E-state index contributed by atoms with van der Waals surface area (Å²) >= 11 is 5.97. The molecule has 3 rings (SSSR count). The van der Waals surface area contributed by atoms with Crippen LogP contribution in [0.25, 0.3) is 0 Å². The highest BCUT2D eigenvalue weighted by Crippen LogP contribution is 2.33. The van der Waals surface area contributed by atoms with Gasteiger partial charge in [-0.3, -0.25) is 0 Å². The molecular formula is C14H12ClNO. The van der Waals surface area contributed by atoms with Gasteiger partial charge in [0.25, 0.3) is 0 Å². The monoisotopic (exact) mass is 245 g/mol. The lowest BCUT2D eigenvalue weighted by molar-refractivity contribution is 0.473. The molecule has 1 aliphatic heterocycles. The standard InChI is InChI=1S/C14H12ClNO/c15-11-4-5-13-10(6-11)8-16-14(13)9-2-1-3-12(17)7-9/h1-7,14,16-17H,8H2. The van der Waals surface area contributed by atoms with Gasteiger partial charge < -0.3 is 10.4 Å². The zero-order chi connectivity index (χ0) is 11.8. The van der Waals surface area contributed by atoms with E-state index in [1.54, 1.807) is 12.1 Å². The second-order valence-electron chi connectivity index (χ2n) is 4.25. The Kier molecular flexibility index (Phi) is 2.54. The molecule has 1 atom stereocenters. The van der Waals surface area contributed by atoms with Gasteiger partial charge in [-0.05, 0) is 41.0 Å². The van der Waals surface area contributed by atoms with Gasteiger partial charge in [-0.2, -0.15) is 0 Å². The minimum atomic E-state index is 0.148. The van der Waals surface area contributed by atoms with Crippen LogP contribution in [0.15, 0.2) is 42.5 Å². The summed E-state index contributed by atoms with van der Waals surface area (Å²) < 4.78 is 0. The minimum absolute atomic E-state index is 0.148. The molecule has 0 spiro atoms. The number of rotatable bonds is 1. The second kappa shape index (κ2) is 4.06. The van der Waals surface area contributed by atoms with Crippen molar-refractivity contribution in [3.8, 4) is 5.75 Å². The molecule has 0 aliphatic carbocycles. The normalized spacial score (nSPS) is 18.1. The maximum Gasteiger partial charge on any atom is 0.115 e. The van der Waals surface area contributed by atoms with E-state index in [4.69, 9.17) is 11.6 Å². The van der Waals surface area contributed by atoms with E-state index in [-0.39, 0.29) is 6.04 Å². The van der Waals surface area contributed by atoms with Crippen LogP contribution in [0.5, 0.6) is 5.75 Å². The summed E-state index contributed by atoms with van der Waals surface area (Å²) in [4.78, 5) is 0. The van der Waals surface area contributed by atoms with Gasteiger partial charge in [-0.1, -0.05) is 29.8 Å². The van der Waals surface area contributed by atoms with Gasteiger partial charge in [-0.25, -0.2) is 0 Å². The molecule has 3 heteroatoms. The molecule has 2 aromatic carbocycles. The van der Waals surface area contributed by atoms with Gasteiger partial charge in [0.2, 0.25) is 0 Å². The molecule has 0 amide bonds. The van der Waals surface area contributed by atoms with Crippen molar-refractivity contribution in [2.24, 2.45) is 0 Å². The number of nitrogens with one attached hydrogen (secondary N) is 1. The molecule has 2 aromatic rings. The summed E-state index contributed by atoms with van der Waals surface area (Å²) in [6.45, 7) is 0.816. The average molecular weight is 246 g/mol. The van der Waals surface area contributed by atoms with Crippen molar-refractivity contribution in [1.82, 2.24) is 5.32 Å². The van der Waals surface area contributed by atoms with Crippen LogP contribution < -0.4 is 5.32 Å². The van der Waals surface area contributed by atoms with Crippen LogP contribution in [0.2, 0.25) is 5.02 Å². The lowest BCUT2D eigenvalue weighted by Crippen LogP contribution is -2.12. The van der Waals surface area contributed by atoms with Crippen LogP contribution >= 0.6 is 11.6 Å². The van der Waals surface area contributed by atoms with E-state index in [0.29, 0.717) is 5.75 Å². The summed E-state index contributed by atoms with van der Waals surface area (Å²) in [5.74, 6) is 0.298. The van der Waals surface area contributed by atoms with Crippen LogP contribution in [0.4, 0.5) is 0 Å². The number of halogens is 1. The number of hydrogen-bond acceptors (Lipinski definition) is 2. The number of benzene rings is 2. The van der Waals surface area contributed by atoms with E-state index in [2.05, 4.69) is 5.32 Å². The van der Waals surface area contributed by atoms with E-state index in [9.17, 15) is 5.11 Å². The molecule has 0 bridgehead atoms. The van der Waals surface area contributed by atoms with E-state index < -0.39 is 0 Å². The third-order valence-corrected chi connectivity index (χ3v) is 3.35. The van der Waals surface area contributed by atoms with Crippen LogP contribution in [0.1, 0.15) is 22.7 Å². The van der Waals surface area contributed by atoms with Gasteiger partial charge in [0.15, 0.2) is 0 Å². The summed E-state index contributed by atoms with van der Waals surface area (Å²) in [6, 6.07) is 13.4. The molecular weight excluding hydrogens is 234 g/mol. The maximum atomic E-state index is 9.52. The number of phenolic OH excluding ortho intramolecular Hbond substituents is 1. The van der Waals surface area contributed by atoms with Crippen molar-refractivity contribution in [2.45, 2.75) is 12.6 Å². The predicted octanol–water partition coefficient (Wildman–Crippen LogP) is 3.24. The lowest BCUT2D eigenvalue weighted by atomic mass is 9.98. The van der Waals surface area contributed by atoms with Gasteiger partial charge in [-0.15, -0.1) is 0 Å². The van der Waals surface area contributed by atoms with Crippen molar-refractivity contribution in [3.05, 3.63) is 64.2 Å². The van der Waals surface area contributed by atoms with E-state index in [0.717, 1.165) is 17.1 Å². The first kappa shape index (κ1) is 10.6. The molecule has 1 aliphatic rings. The molecule has 0 radical (unpaired) electrons. The Balaban J connectivity index is 2.04. The second-order valence-corrected chi connectivity index (χ2v) is 4.69. The van der Waals surface area contributed by atoms with E-state index >= 15 is 0 Å². The van der Waals surface area contributed by atoms with Crippen molar-refractivity contribution in [3.63, 3.8) is 0 Å². The average Bonchev–Trinajstić information content (AvgIpc) is 2.71. The summed E-state index contributed by atoms with van der Waals surface area (Å²) in [7, 11) is 0. The number of hydrogen-bond donors (Lipinski definition) is 2. The van der Waals surface area contributed by atoms with Crippen LogP contribution in [-0.2, 0) is 6.54 Å². The van der Waals surface area contributed by atoms with Gasteiger partial charge in [0.1, 0.15) is 5.75 Å². The molecule has 86 valence electrons. The fourth-order valence-electron chi connectivity index (χ4n) is 2.33. The maximum absolute atomic E-state index is 9.52. The Morgan fingerprint density at radius 2 is 2.06 bits per heavy atom. The predicted molar refractivity (Wildman–Crippen MR) is 68.2 cm³/mol. The number of aromatic hydroxyl groups is 1. The zero-order valence-electron chi connectivity index (χ0n) is 9.15. The first-order valence-corrected chi connectivity index (χ1v) is 5.92. The molecule has 17 heavy (non-hydrogen) atoms. The highest BCUT2D eigenvalue weighted by atomic mass is 35.5. The van der Waals surface area contributed by atoms with Crippen molar-refractivity contribution >= 4 is 11.6 Å². The van der Waals surface area contributed by atoms with Crippen molar-refractivity contribution in [2.75, 3.05) is 0 Å². The smallest absolute Gasteiger partial charge is 0.115 e. The first-order chi connectivity index (χ1) is 8.24. The molecule has 0 fully saturated rings. The van der Waals surface area contributed by atoms with Gasteiger partial charge in [0.05, 0.1) is 6.04 Å². The third-order valence-electron chi connectivity index (χ3n) is 3.12. The Morgan fingerprint density at radius 3 is 2.88 bits per heavy atom. The fourth-order valence-corrected chi connectivity index (χ4v) is 2.53. The summed E-state index contributed by atoms with van der Waals surface area (Å²) in [6.07, 6.45) is 0. The van der Waals surface area contributed by atoms with Crippen LogP contribution in [0.3, 0.4) is 0 Å². The lowest BCUT2D eigenvalue weighted by Gasteiger charge is -2.12. The topological polar surface area (TPSA) is 32.3 Å². The van der Waals surface area contributed by atoms with Gasteiger partial charge >= 0.3 is 0 Å². The van der Waals surface area contributed by atoms with Crippen molar-refractivity contribution < 1.29 is 5.11 Å². The molecule has 1 unspecified atom stereocenters. The SMILES string of the molecule is Oc1cccc(C2NCc3cc(Cl)ccc32)c1. The summed E-state index contributed by atoms with van der Waals surface area (Å²) in [5.41, 5.74) is 3.54. The minimum Gasteiger partial charge on any atom is -0.508 e. The molecule has 0 saturated heterocycles. The molecule has 1 heterocycles. The van der Waals surface area contributed by atoms with Crippen molar-refractivity contribution in [1.29, 1.82) is 0 Å².